The lowest BCUT2D eigenvalue weighted by atomic mass is 9.99. The molecular formula is C18H26N2O2. The Bertz CT molecular complexity index is 494. The van der Waals surface area contributed by atoms with Crippen LogP contribution in [0.1, 0.15) is 30.4 Å². The molecule has 2 saturated heterocycles. The van der Waals surface area contributed by atoms with E-state index in [0.717, 1.165) is 39.0 Å². The quantitative estimate of drug-likeness (QED) is 0.858. The summed E-state index contributed by atoms with van der Waals surface area (Å²) >= 11 is 0. The molecule has 1 amide bonds. The van der Waals surface area contributed by atoms with Crippen LogP contribution in [0.3, 0.4) is 0 Å². The van der Waals surface area contributed by atoms with Gasteiger partial charge in [-0.05, 0) is 31.9 Å². The third kappa shape index (κ3) is 3.68. The molecule has 0 aromatic heterocycles. The predicted molar refractivity (Wildman–Crippen MR) is 86.6 cm³/mol. The number of carbonyl (C=O) groups is 1. The van der Waals surface area contributed by atoms with Gasteiger partial charge in [0.05, 0.1) is 19.3 Å². The number of carbonyl (C=O) groups excluding carboxylic acids is 1. The minimum Gasteiger partial charge on any atom is -0.378 e. The summed E-state index contributed by atoms with van der Waals surface area (Å²) in [5.41, 5.74) is 2.58. The number of nitrogens with zero attached hydrogens (tertiary/aromatic N) is 2. The largest absolute Gasteiger partial charge is 0.378 e. The van der Waals surface area contributed by atoms with Crippen LogP contribution in [0.25, 0.3) is 0 Å². The van der Waals surface area contributed by atoms with Crippen molar-refractivity contribution in [2.45, 2.75) is 38.8 Å². The van der Waals surface area contributed by atoms with Gasteiger partial charge >= 0.3 is 0 Å². The molecule has 22 heavy (non-hydrogen) atoms. The second-order valence-electron chi connectivity index (χ2n) is 6.41. The molecule has 1 aromatic rings. The molecule has 0 aliphatic carbocycles. The Morgan fingerprint density at radius 1 is 1.14 bits per heavy atom. The van der Waals surface area contributed by atoms with Crippen LogP contribution in [0.2, 0.25) is 0 Å². The van der Waals surface area contributed by atoms with Crippen molar-refractivity contribution < 1.29 is 9.53 Å². The van der Waals surface area contributed by atoms with Crippen LogP contribution in [-0.2, 0) is 16.1 Å². The fourth-order valence-electron chi connectivity index (χ4n) is 3.38. The first-order valence-corrected chi connectivity index (χ1v) is 8.40. The number of rotatable bonds is 3. The van der Waals surface area contributed by atoms with E-state index in [9.17, 15) is 4.79 Å². The highest BCUT2D eigenvalue weighted by Crippen LogP contribution is 2.22. The van der Waals surface area contributed by atoms with Crippen LogP contribution < -0.4 is 0 Å². The van der Waals surface area contributed by atoms with Gasteiger partial charge in [0.2, 0.25) is 5.91 Å². The topological polar surface area (TPSA) is 32.8 Å². The summed E-state index contributed by atoms with van der Waals surface area (Å²) in [5, 5.41) is 0. The SMILES string of the molecule is Cc1ccc(CN2CCCCC2C(=O)N2CCOCC2)cc1. The van der Waals surface area contributed by atoms with Crippen molar-refractivity contribution in [1.29, 1.82) is 0 Å². The minimum absolute atomic E-state index is 0.0492. The molecule has 1 unspecified atom stereocenters. The first-order chi connectivity index (χ1) is 10.7. The summed E-state index contributed by atoms with van der Waals surface area (Å²) < 4.78 is 5.36. The van der Waals surface area contributed by atoms with E-state index < -0.39 is 0 Å². The average Bonchev–Trinajstić information content (AvgIpc) is 2.58. The van der Waals surface area contributed by atoms with Gasteiger partial charge in [0.25, 0.3) is 0 Å². The molecular weight excluding hydrogens is 276 g/mol. The van der Waals surface area contributed by atoms with E-state index in [1.54, 1.807) is 0 Å². The molecule has 2 fully saturated rings. The van der Waals surface area contributed by atoms with Crippen LogP contribution in [0.5, 0.6) is 0 Å². The molecule has 0 N–H and O–H groups in total. The third-order valence-corrected chi connectivity index (χ3v) is 4.73. The van der Waals surface area contributed by atoms with E-state index >= 15 is 0 Å². The number of morpholine rings is 1. The van der Waals surface area contributed by atoms with Crippen molar-refractivity contribution in [3.8, 4) is 0 Å². The van der Waals surface area contributed by atoms with Gasteiger partial charge in [-0.25, -0.2) is 0 Å². The maximum atomic E-state index is 12.8. The molecule has 2 aliphatic heterocycles. The number of hydrogen-bond acceptors (Lipinski definition) is 3. The van der Waals surface area contributed by atoms with Gasteiger partial charge in [0, 0.05) is 19.6 Å². The van der Waals surface area contributed by atoms with Crippen molar-refractivity contribution in [1.82, 2.24) is 9.80 Å². The fraction of sp³-hybridized carbons (Fsp3) is 0.611. The number of benzene rings is 1. The van der Waals surface area contributed by atoms with E-state index in [1.807, 2.05) is 4.90 Å². The van der Waals surface area contributed by atoms with Crippen LogP contribution in [0.15, 0.2) is 24.3 Å². The predicted octanol–water partition coefficient (Wildman–Crippen LogP) is 2.21. The van der Waals surface area contributed by atoms with Gasteiger partial charge in [-0.3, -0.25) is 9.69 Å². The summed E-state index contributed by atoms with van der Waals surface area (Å²) in [7, 11) is 0. The monoisotopic (exact) mass is 302 g/mol. The Hall–Kier alpha value is -1.39. The number of hydrogen-bond donors (Lipinski definition) is 0. The summed E-state index contributed by atoms with van der Waals surface area (Å²) in [4.78, 5) is 17.2. The zero-order chi connectivity index (χ0) is 15.4. The minimum atomic E-state index is 0.0492. The molecule has 0 radical (unpaired) electrons. The van der Waals surface area contributed by atoms with E-state index in [0.29, 0.717) is 19.1 Å². The molecule has 3 rings (SSSR count). The molecule has 4 nitrogen and oxygen atoms in total. The van der Waals surface area contributed by atoms with Gasteiger partial charge in [-0.15, -0.1) is 0 Å². The van der Waals surface area contributed by atoms with Gasteiger partial charge in [0.1, 0.15) is 0 Å². The van der Waals surface area contributed by atoms with Gasteiger partial charge < -0.3 is 9.64 Å². The lowest BCUT2D eigenvalue weighted by Gasteiger charge is -2.38. The molecule has 0 bridgehead atoms. The zero-order valence-corrected chi connectivity index (χ0v) is 13.5. The van der Waals surface area contributed by atoms with Crippen molar-refractivity contribution in [2.75, 3.05) is 32.8 Å². The average molecular weight is 302 g/mol. The Labute approximate surface area is 133 Å². The molecule has 2 heterocycles. The normalized spacial score (nSPS) is 23.5. The van der Waals surface area contributed by atoms with Crippen LogP contribution in [0.4, 0.5) is 0 Å². The first-order valence-electron chi connectivity index (χ1n) is 8.40. The second kappa shape index (κ2) is 7.25. The fourth-order valence-corrected chi connectivity index (χ4v) is 3.38. The lowest BCUT2D eigenvalue weighted by Crippen LogP contribution is -2.53. The van der Waals surface area contributed by atoms with E-state index in [-0.39, 0.29) is 6.04 Å². The second-order valence-corrected chi connectivity index (χ2v) is 6.41. The Balaban J connectivity index is 1.67. The van der Waals surface area contributed by atoms with Gasteiger partial charge in [-0.2, -0.15) is 0 Å². The number of ether oxygens (including phenoxy) is 1. The highest BCUT2D eigenvalue weighted by molar-refractivity contribution is 5.82. The van der Waals surface area contributed by atoms with Crippen LogP contribution in [0, 0.1) is 6.92 Å². The molecule has 0 spiro atoms. The summed E-state index contributed by atoms with van der Waals surface area (Å²) in [6, 6.07) is 8.71. The summed E-state index contributed by atoms with van der Waals surface area (Å²) in [6.45, 7) is 6.85. The molecule has 2 aliphatic rings. The highest BCUT2D eigenvalue weighted by atomic mass is 16.5. The number of aryl methyl sites for hydroxylation is 1. The van der Waals surface area contributed by atoms with Crippen LogP contribution in [-0.4, -0.2) is 54.6 Å². The van der Waals surface area contributed by atoms with Crippen molar-refractivity contribution in [3.05, 3.63) is 35.4 Å². The van der Waals surface area contributed by atoms with E-state index in [2.05, 4.69) is 36.1 Å². The first kappa shape index (κ1) is 15.5. The summed E-state index contributed by atoms with van der Waals surface area (Å²) in [6.07, 6.45) is 3.34. The molecule has 1 aromatic carbocycles. The molecule has 120 valence electrons. The zero-order valence-electron chi connectivity index (χ0n) is 13.5. The Morgan fingerprint density at radius 3 is 2.59 bits per heavy atom. The molecule has 0 saturated carbocycles. The number of likely N-dealkylation sites (tertiary alicyclic amines) is 1. The van der Waals surface area contributed by atoms with Crippen molar-refractivity contribution >= 4 is 5.91 Å². The van der Waals surface area contributed by atoms with Gasteiger partial charge in [0.15, 0.2) is 0 Å². The maximum absolute atomic E-state index is 12.8. The van der Waals surface area contributed by atoms with Gasteiger partial charge in [-0.1, -0.05) is 36.2 Å². The van der Waals surface area contributed by atoms with Crippen LogP contribution >= 0.6 is 0 Å². The summed E-state index contributed by atoms with van der Waals surface area (Å²) in [5.74, 6) is 0.301. The van der Waals surface area contributed by atoms with Crippen molar-refractivity contribution in [3.63, 3.8) is 0 Å². The third-order valence-electron chi connectivity index (χ3n) is 4.73. The maximum Gasteiger partial charge on any atom is 0.240 e. The smallest absolute Gasteiger partial charge is 0.240 e. The highest BCUT2D eigenvalue weighted by Gasteiger charge is 2.32. The standard InChI is InChI=1S/C18H26N2O2/c1-15-5-7-16(8-6-15)14-20-9-3-2-4-17(20)18(21)19-10-12-22-13-11-19/h5-8,17H,2-4,9-14H2,1H3. The number of amides is 1. The Kier molecular flexibility index (Phi) is 5.11. The van der Waals surface area contributed by atoms with E-state index in [1.165, 1.54) is 17.5 Å². The lowest BCUT2D eigenvalue weighted by molar-refractivity contribution is -0.142. The Morgan fingerprint density at radius 2 is 1.86 bits per heavy atom. The van der Waals surface area contributed by atoms with Crippen molar-refractivity contribution in [2.24, 2.45) is 0 Å². The number of piperidine rings is 1. The molecule has 4 heteroatoms. The van der Waals surface area contributed by atoms with E-state index in [4.69, 9.17) is 4.74 Å². The molecule has 1 atom stereocenters.